The van der Waals surface area contributed by atoms with Crippen molar-refractivity contribution in [3.05, 3.63) is 120 Å². The number of allylic oxidation sites excluding steroid dienone is 12. The number of carboxylic acids is 1. The molecule has 1 aromatic carbocycles. The summed E-state index contributed by atoms with van der Waals surface area (Å²) < 4.78 is 23.6. The first-order valence-corrected chi connectivity index (χ1v) is 25.6. The Balaban J connectivity index is 1.59. The van der Waals surface area contributed by atoms with Gasteiger partial charge in [-0.25, -0.2) is 0 Å². The average molecular weight is 1060 g/mol. The van der Waals surface area contributed by atoms with Crippen LogP contribution < -0.4 is 11.1 Å². The molecule has 3 heterocycles. The van der Waals surface area contributed by atoms with E-state index in [1.807, 2.05) is 13.0 Å². The Kier molecular flexibility index (Phi) is 25.8. The number of amides is 1. The number of carbonyl (C=O) groups excluding carboxylic acids is 2. The number of hydrogen-bond acceptors (Lipinski definition) is 18. The van der Waals surface area contributed by atoms with Gasteiger partial charge in [-0.05, 0) is 57.2 Å². The number of aliphatic hydroxyl groups is 10. The molecule has 0 spiro atoms. The zero-order valence-corrected chi connectivity index (χ0v) is 43.0. The number of aliphatic hydroxyl groups excluding tert-OH is 9. The van der Waals surface area contributed by atoms with Gasteiger partial charge in [0.25, 0.3) is 5.91 Å². The number of carboxylic acid groups (broad SMARTS) is 1. The minimum atomic E-state index is -2.42. The molecule has 0 unspecified atom stereocenters. The van der Waals surface area contributed by atoms with Crippen LogP contribution in [0.4, 0.5) is 0 Å². The van der Waals surface area contributed by atoms with E-state index >= 15 is 0 Å². The molecule has 0 radical (unpaired) electrons. The van der Waals surface area contributed by atoms with Crippen LogP contribution in [0.1, 0.15) is 95.0 Å². The Labute approximate surface area is 438 Å². The van der Waals surface area contributed by atoms with Crippen LogP contribution in [-0.4, -0.2) is 171 Å². The fourth-order valence-corrected chi connectivity index (χ4v) is 9.12. The molecule has 4 rings (SSSR count). The average Bonchev–Trinajstić information content (AvgIpc) is 3.34. The van der Waals surface area contributed by atoms with E-state index in [4.69, 9.17) is 24.7 Å². The van der Waals surface area contributed by atoms with E-state index in [2.05, 4.69) is 5.32 Å². The van der Waals surface area contributed by atoms with Gasteiger partial charge in [0, 0.05) is 43.2 Å². The summed E-state index contributed by atoms with van der Waals surface area (Å²) >= 11 is 0. The largest absolute Gasteiger partial charge is 0.481 e. The van der Waals surface area contributed by atoms with Crippen LogP contribution in [0.3, 0.4) is 0 Å². The van der Waals surface area contributed by atoms with E-state index < -0.39 is 153 Å². The summed E-state index contributed by atoms with van der Waals surface area (Å²) in [6, 6.07) is 5.08. The van der Waals surface area contributed by atoms with Gasteiger partial charge in [0.05, 0.1) is 73.5 Å². The normalized spacial score (nSPS) is 40.9. The molecular formula is C55H80N2O18. The predicted octanol–water partition coefficient (Wildman–Crippen LogP) is 1.64. The topological polar surface area (TPSA) is 349 Å². The van der Waals surface area contributed by atoms with Gasteiger partial charge in [-0.1, -0.05) is 111 Å². The first-order chi connectivity index (χ1) is 35.5. The van der Waals surface area contributed by atoms with Crippen molar-refractivity contribution in [3.63, 3.8) is 0 Å². The summed E-state index contributed by atoms with van der Waals surface area (Å²) in [7, 11) is 0. The van der Waals surface area contributed by atoms with Crippen LogP contribution in [0.25, 0.3) is 0 Å². The molecule has 0 saturated carbocycles. The number of hydrogen-bond donors (Lipinski definition) is 13. The fraction of sp³-hybridized carbons (Fsp3) is 0.582. The minimum absolute atomic E-state index is 0.166. The highest BCUT2D eigenvalue weighted by Gasteiger charge is 2.51. The first-order valence-electron chi connectivity index (χ1n) is 25.6. The number of rotatable bonds is 6. The number of aliphatic carboxylic acids is 1. The van der Waals surface area contributed by atoms with E-state index in [0.29, 0.717) is 0 Å². The summed E-state index contributed by atoms with van der Waals surface area (Å²) in [5, 5.41) is 123. The summed E-state index contributed by atoms with van der Waals surface area (Å²) in [4.78, 5) is 38.7. The smallest absolute Gasteiger partial charge is 0.311 e. The molecule has 418 valence electrons. The molecule has 1 amide bonds. The van der Waals surface area contributed by atoms with Crippen molar-refractivity contribution in [1.29, 1.82) is 0 Å². The van der Waals surface area contributed by atoms with Gasteiger partial charge < -0.3 is 86.2 Å². The second-order valence-corrected chi connectivity index (χ2v) is 19.9. The molecule has 1 aromatic rings. The molecule has 3 aliphatic heterocycles. The molecule has 20 nitrogen and oxygen atoms in total. The molecule has 75 heavy (non-hydrogen) atoms. The number of esters is 1. The number of nitrogens with one attached hydrogen (secondary N) is 1. The van der Waals surface area contributed by atoms with Crippen LogP contribution in [0.2, 0.25) is 0 Å². The molecule has 2 bridgehead atoms. The number of nitrogens with two attached hydrogens (primary N) is 1. The summed E-state index contributed by atoms with van der Waals surface area (Å²) in [6.45, 7) is 6.94. The molecule has 0 aromatic heterocycles. The van der Waals surface area contributed by atoms with Gasteiger partial charge in [-0.15, -0.1) is 0 Å². The molecule has 0 aliphatic carbocycles. The maximum atomic E-state index is 13.3. The van der Waals surface area contributed by atoms with Crippen molar-refractivity contribution < 1.29 is 89.5 Å². The van der Waals surface area contributed by atoms with E-state index in [-0.39, 0.29) is 43.7 Å². The molecule has 19 atom stereocenters. The van der Waals surface area contributed by atoms with E-state index in [9.17, 15) is 70.6 Å². The first kappa shape index (κ1) is 62.8. The number of benzene rings is 1. The molecule has 2 saturated heterocycles. The van der Waals surface area contributed by atoms with Crippen molar-refractivity contribution in [2.24, 2.45) is 23.5 Å². The lowest BCUT2D eigenvalue weighted by atomic mass is 9.82. The van der Waals surface area contributed by atoms with Crippen LogP contribution in [-0.2, 0) is 35.1 Å². The second kappa shape index (κ2) is 30.9. The number of ether oxygens (including phenoxy) is 4. The van der Waals surface area contributed by atoms with Crippen molar-refractivity contribution >= 4 is 17.8 Å². The van der Waals surface area contributed by atoms with Crippen molar-refractivity contribution in [2.45, 2.75) is 183 Å². The minimum Gasteiger partial charge on any atom is -0.481 e. The van der Waals surface area contributed by atoms with E-state index in [1.165, 1.54) is 25.1 Å². The van der Waals surface area contributed by atoms with Gasteiger partial charge in [0.1, 0.15) is 24.2 Å². The Bertz CT molecular complexity index is 2150. The van der Waals surface area contributed by atoms with Crippen molar-refractivity contribution in [3.8, 4) is 0 Å². The Morgan fingerprint density at radius 2 is 1.24 bits per heavy atom. The molecule has 20 heteroatoms. The molecule has 3 aliphatic rings. The molecule has 2 fully saturated rings. The highest BCUT2D eigenvalue weighted by Crippen LogP contribution is 2.38. The van der Waals surface area contributed by atoms with Crippen LogP contribution in [0.15, 0.2) is 109 Å². The number of cyclic esters (lactones) is 1. The van der Waals surface area contributed by atoms with Crippen molar-refractivity contribution in [1.82, 2.24) is 5.32 Å². The number of fused-ring (bicyclic) bond motifs is 2. The summed E-state index contributed by atoms with van der Waals surface area (Å²) in [5.74, 6) is -7.71. The number of carbonyl (C=O) groups is 3. The van der Waals surface area contributed by atoms with Crippen LogP contribution >= 0.6 is 0 Å². The predicted molar refractivity (Wildman–Crippen MR) is 275 cm³/mol. The SMILES string of the molecule is C[C@@H]1[C@H](O)[C@@H](C)/C=C/C=C/C=C/C=C/C=C/C=C/C=C/[C@H](O[C@@H]2O[C@H](C)[C@@H](O)[C@H](NC(=O)c3ccc(CN)cc3)[C@@H]2O)C[C@@H]2O[C@](O)(C[C@@H](O)[C@H](O)CC[C@@H](O)C[C@@H](O)C[C@@H](O)CC(=O)O[C@H]1C)C[C@H](O)[C@H]2C(=O)O. The highest BCUT2D eigenvalue weighted by molar-refractivity contribution is 5.94. The summed E-state index contributed by atoms with van der Waals surface area (Å²) in [5.41, 5.74) is 6.69. The Morgan fingerprint density at radius 3 is 1.83 bits per heavy atom. The van der Waals surface area contributed by atoms with Gasteiger partial charge in [0.15, 0.2) is 12.1 Å². The Morgan fingerprint density at radius 1 is 0.680 bits per heavy atom. The zero-order valence-electron chi connectivity index (χ0n) is 43.0. The lowest BCUT2D eigenvalue weighted by Crippen LogP contribution is -2.64. The maximum Gasteiger partial charge on any atom is 0.311 e. The zero-order chi connectivity index (χ0) is 55.4. The highest BCUT2D eigenvalue weighted by atomic mass is 16.7. The lowest BCUT2D eigenvalue weighted by Gasteiger charge is -2.45. The summed E-state index contributed by atoms with van der Waals surface area (Å²) in [6.07, 6.45) is 1.91. The van der Waals surface area contributed by atoms with Crippen LogP contribution in [0, 0.1) is 17.8 Å². The van der Waals surface area contributed by atoms with Crippen molar-refractivity contribution in [2.75, 3.05) is 0 Å². The van der Waals surface area contributed by atoms with E-state index in [1.54, 1.807) is 98.9 Å². The van der Waals surface area contributed by atoms with Gasteiger partial charge in [-0.3, -0.25) is 14.4 Å². The van der Waals surface area contributed by atoms with E-state index in [0.717, 1.165) is 5.56 Å². The fourth-order valence-electron chi connectivity index (χ4n) is 9.12. The molecule has 14 N–H and O–H groups in total. The van der Waals surface area contributed by atoms with Gasteiger partial charge in [-0.2, -0.15) is 0 Å². The lowest BCUT2D eigenvalue weighted by molar-refractivity contribution is -0.310. The Hall–Kier alpha value is -4.75. The molecular weight excluding hydrogens is 977 g/mol. The standard InChI is InChI=1S/C55H80N2O18/c1-32-17-15-13-11-9-7-5-6-8-10-12-14-16-18-41(74-54-51(67)48(50(66)35(4)73-54)57-52(68)37-21-19-36(31-56)20-22-37)28-45-47(53(69)70)44(63)30-55(71,75-45)29-43(62)42(61)24-23-38(58)25-39(59)26-40(60)27-46(64)72-34(3)33(2)49(32)65/h5-22,32-35,38-45,47-51,54,58-63,65-67,71H,23-31,56H2,1-4H3,(H,57,68)(H,69,70)/b6-5+,9-7+,10-8+,13-11+,14-12+,17-15+,18-16+/t32-,33-,34-,35+,38+,39+,40+,41-,42+,43+,44-,45-,47+,48-,49+,50+,51-,54-,55+/m0/s1. The van der Waals surface area contributed by atoms with Gasteiger partial charge in [0.2, 0.25) is 0 Å². The third-order valence-corrected chi connectivity index (χ3v) is 13.7. The quantitative estimate of drug-likeness (QED) is 0.180. The van der Waals surface area contributed by atoms with Gasteiger partial charge >= 0.3 is 11.9 Å². The monoisotopic (exact) mass is 1060 g/mol. The third kappa shape index (κ3) is 20.3. The maximum absolute atomic E-state index is 13.3. The second-order valence-electron chi connectivity index (χ2n) is 19.9. The third-order valence-electron chi connectivity index (χ3n) is 13.7. The van der Waals surface area contributed by atoms with Crippen LogP contribution in [0.5, 0.6) is 0 Å².